The summed E-state index contributed by atoms with van der Waals surface area (Å²) in [7, 11) is 0. The van der Waals surface area contributed by atoms with Gasteiger partial charge in [-0.3, -0.25) is 14.4 Å². The van der Waals surface area contributed by atoms with Crippen molar-refractivity contribution in [2.24, 2.45) is 0 Å². The Labute approximate surface area is 387 Å². The summed E-state index contributed by atoms with van der Waals surface area (Å²) in [5.41, 5.74) is 0. The maximum absolute atomic E-state index is 12.7. The standard InChI is InChI=1S/C57H94O6/c1-4-7-10-13-16-19-22-25-28-30-32-35-38-41-44-47-50-56(59)62-53-54(52-61-55(58)49-46-43-40-37-34-31-27-24-21-18-15-12-9-6-3)63-57(60)51-48-45-42-39-36-33-29-26-23-20-17-14-11-8-5-2/h8,11,15,17-18,20,24,26-30,36,39,45,48,54H,4-7,9-10,12-14,16,19,21-23,25,31-35,37-38,40-44,46-47,49-53H2,1-3H3/b11-8-,18-15-,20-17-,27-24-,29-26-,30-28-,39-36-,48-45-. The molecule has 0 saturated carbocycles. The highest BCUT2D eigenvalue weighted by atomic mass is 16.6. The fourth-order valence-corrected chi connectivity index (χ4v) is 6.70. The molecular weight excluding hydrogens is 781 g/mol. The van der Waals surface area contributed by atoms with E-state index in [-0.39, 0.29) is 31.6 Å². The maximum atomic E-state index is 12.7. The Bertz CT molecular complexity index is 1280. The van der Waals surface area contributed by atoms with E-state index in [2.05, 4.69) is 106 Å². The number of ether oxygens (including phenoxy) is 3. The highest BCUT2D eigenvalue weighted by Crippen LogP contribution is 2.13. The fourth-order valence-electron chi connectivity index (χ4n) is 6.70. The Balaban J connectivity index is 4.55. The molecule has 1 unspecified atom stereocenters. The lowest BCUT2D eigenvalue weighted by Crippen LogP contribution is -2.30. The van der Waals surface area contributed by atoms with E-state index in [9.17, 15) is 14.4 Å². The number of hydrogen-bond acceptors (Lipinski definition) is 6. The minimum Gasteiger partial charge on any atom is -0.462 e. The summed E-state index contributed by atoms with van der Waals surface area (Å²) in [6, 6.07) is 0. The van der Waals surface area contributed by atoms with Crippen LogP contribution in [0, 0.1) is 0 Å². The van der Waals surface area contributed by atoms with Gasteiger partial charge in [-0.05, 0) is 96.3 Å². The summed E-state index contributed by atoms with van der Waals surface area (Å²) >= 11 is 0. The van der Waals surface area contributed by atoms with Gasteiger partial charge in [0, 0.05) is 12.8 Å². The van der Waals surface area contributed by atoms with Crippen molar-refractivity contribution in [2.45, 2.75) is 232 Å². The molecule has 0 aliphatic carbocycles. The molecule has 0 rings (SSSR count). The van der Waals surface area contributed by atoms with E-state index in [0.29, 0.717) is 19.3 Å². The Kier molecular flexibility index (Phi) is 48.0. The molecule has 0 aliphatic rings. The quantitative estimate of drug-likeness (QED) is 0.0262. The first-order valence-corrected chi connectivity index (χ1v) is 25.7. The van der Waals surface area contributed by atoms with Crippen LogP contribution in [0.15, 0.2) is 97.2 Å². The van der Waals surface area contributed by atoms with Gasteiger partial charge in [0.1, 0.15) is 13.2 Å². The van der Waals surface area contributed by atoms with E-state index in [4.69, 9.17) is 14.2 Å². The van der Waals surface area contributed by atoms with Crippen molar-refractivity contribution >= 4 is 17.9 Å². The lowest BCUT2D eigenvalue weighted by atomic mass is 10.1. The van der Waals surface area contributed by atoms with E-state index in [0.717, 1.165) is 103 Å². The van der Waals surface area contributed by atoms with Crippen LogP contribution in [-0.2, 0) is 28.6 Å². The smallest absolute Gasteiger partial charge is 0.310 e. The molecule has 0 saturated heterocycles. The summed E-state index contributed by atoms with van der Waals surface area (Å²) < 4.78 is 16.7. The zero-order chi connectivity index (χ0) is 45.8. The molecule has 6 nitrogen and oxygen atoms in total. The second-order valence-electron chi connectivity index (χ2n) is 16.7. The van der Waals surface area contributed by atoms with Crippen LogP contribution < -0.4 is 0 Å². The van der Waals surface area contributed by atoms with Gasteiger partial charge in [-0.25, -0.2) is 0 Å². The minimum atomic E-state index is -0.841. The number of hydrogen-bond donors (Lipinski definition) is 0. The van der Waals surface area contributed by atoms with Gasteiger partial charge >= 0.3 is 17.9 Å². The van der Waals surface area contributed by atoms with Gasteiger partial charge in [-0.15, -0.1) is 0 Å². The molecule has 63 heavy (non-hydrogen) atoms. The van der Waals surface area contributed by atoms with Gasteiger partial charge in [0.2, 0.25) is 0 Å². The van der Waals surface area contributed by atoms with Crippen LogP contribution in [0.3, 0.4) is 0 Å². The molecule has 0 aromatic carbocycles. The Morgan fingerprint density at radius 1 is 0.349 bits per heavy atom. The molecule has 0 radical (unpaired) electrons. The molecule has 1 atom stereocenters. The van der Waals surface area contributed by atoms with Crippen molar-refractivity contribution in [2.75, 3.05) is 13.2 Å². The van der Waals surface area contributed by atoms with Crippen LogP contribution in [0.1, 0.15) is 226 Å². The average Bonchev–Trinajstić information content (AvgIpc) is 3.28. The second kappa shape index (κ2) is 51.0. The predicted molar refractivity (Wildman–Crippen MR) is 270 cm³/mol. The van der Waals surface area contributed by atoms with Crippen LogP contribution in [0.25, 0.3) is 0 Å². The number of rotatable bonds is 45. The molecule has 0 amide bonds. The Morgan fingerprint density at radius 2 is 0.683 bits per heavy atom. The van der Waals surface area contributed by atoms with Gasteiger partial charge < -0.3 is 14.2 Å². The summed E-state index contributed by atoms with van der Waals surface area (Å²) in [5.74, 6) is -1.08. The largest absolute Gasteiger partial charge is 0.462 e. The van der Waals surface area contributed by atoms with E-state index in [1.165, 1.54) is 77.0 Å². The van der Waals surface area contributed by atoms with Gasteiger partial charge in [-0.2, -0.15) is 0 Å². The van der Waals surface area contributed by atoms with E-state index in [1.807, 2.05) is 6.08 Å². The molecule has 0 N–H and O–H groups in total. The molecule has 0 aliphatic heterocycles. The first-order valence-electron chi connectivity index (χ1n) is 25.7. The van der Waals surface area contributed by atoms with Crippen molar-refractivity contribution in [1.82, 2.24) is 0 Å². The molecule has 0 heterocycles. The van der Waals surface area contributed by atoms with Gasteiger partial charge in [0.15, 0.2) is 6.10 Å². The van der Waals surface area contributed by atoms with Crippen LogP contribution >= 0.6 is 0 Å². The fraction of sp³-hybridized carbons (Fsp3) is 0.667. The van der Waals surface area contributed by atoms with Crippen molar-refractivity contribution in [1.29, 1.82) is 0 Å². The third-order valence-corrected chi connectivity index (χ3v) is 10.6. The topological polar surface area (TPSA) is 78.9 Å². The normalized spacial score (nSPS) is 12.9. The lowest BCUT2D eigenvalue weighted by molar-refractivity contribution is -0.166. The van der Waals surface area contributed by atoms with Crippen LogP contribution in [-0.4, -0.2) is 37.2 Å². The molecule has 0 bridgehead atoms. The zero-order valence-corrected chi connectivity index (χ0v) is 40.8. The van der Waals surface area contributed by atoms with Gasteiger partial charge in [-0.1, -0.05) is 208 Å². The lowest BCUT2D eigenvalue weighted by Gasteiger charge is -2.18. The van der Waals surface area contributed by atoms with Crippen molar-refractivity contribution in [3.05, 3.63) is 97.2 Å². The van der Waals surface area contributed by atoms with Gasteiger partial charge in [0.25, 0.3) is 0 Å². The van der Waals surface area contributed by atoms with Crippen LogP contribution in [0.5, 0.6) is 0 Å². The van der Waals surface area contributed by atoms with Gasteiger partial charge in [0.05, 0.1) is 6.42 Å². The van der Waals surface area contributed by atoms with Crippen molar-refractivity contribution in [3.8, 4) is 0 Å². The zero-order valence-electron chi connectivity index (χ0n) is 40.8. The van der Waals surface area contributed by atoms with E-state index < -0.39 is 12.1 Å². The molecule has 358 valence electrons. The van der Waals surface area contributed by atoms with Crippen LogP contribution in [0.4, 0.5) is 0 Å². The van der Waals surface area contributed by atoms with E-state index >= 15 is 0 Å². The minimum absolute atomic E-state index is 0.0901. The summed E-state index contributed by atoms with van der Waals surface area (Å²) in [6.07, 6.45) is 67.0. The molecule has 6 heteroatoms. The first kappa shape index (κ1) is 59.3. The number of esters is 3. The number of unbranched alkanes of at least 4 members (excludes halogenated alkanes) is 19. The maximum Gasteiger partial charge on any atom is 0.310 e. The molecule has 0 fully saturated rings. The molecule has 0 aromatic rings. The van der Waals surface area contributed by atoms with E-state index in [1.54, 1.807) is 6.08 Å². The third-order valence-electron chi connectivity index (χ3n) is 10.6. The molecule has 0 spiro atoms. The highest BCUT2D eigenvalue weighted by Gasteiger charge is 2.19. The molecule has 0 aromatic heterocycles. The predicted octanol–water partition coefficient (Wildman–Crippen LogP) is 17.0. The average molecular weight is 875 g/mol. The van der Waals surface area contributed by atoms with Crippen LogP contribution in [0.2, 0.25) is 0 Å². The first-order chi connectivity index (χ1) is 31.0. The summed E-state index contributed by atoms with van der Waals surface area (Å²) in [5, 5.41) is 0. The van der Waals surface area contributed by atoms with Crippen molar-refractivity contribution < 1.29 is 28.6 Å². The SMILES string of the molecule is CC/C=C\C/C=C\C/C=C\C/C=C\C/C=C\CC(=O)OC(COC(=O)CCCCCCC/C=C\C/C=C\CCCC)COC(=O)CCCCCCC/C=C\CCCCCCCCC. The third kappa shape index (κ3) is 49.2. The highest BCUT2D eigenvalue weighted by molar-refractivity contribution is 5.72. The Hall–Kier alpha value is -3.67. The number of carbonyl (C=O) groups excluding carboxylic acids is 3. The number of carbonyl (C=O) groups is 3. The molecular formula is C57H94O6. The monoisotopic (exact) mass is 875 g/mol. The summed E-state index contributed by atoms with van der Waals surface area (Å²) in [6.45, 7) is 6.37. The Morgan fingerprint density at radius 3 is 1.11 bits per heavy atom. The number of allylic oxidation sites excluding steroid dienone is 15. The summed E-state index contributed by atoms with van der Waals surface area (Å²) in [4.78, 5) is 37.9. The second-order valence-corrected chi connectivity index (χ2v) is 16.7. The van der Waals surface area contributed by atoms with Crippen molar-refractivity contribution in [3.63, 3.8) is 0 Å².